The normalized spacial score (nSPS) is 14.6. The monoisotopic (exact) mass is 255 g/mol. The predicted molar refractivity (Wildman–Crippen MR) is 69.2 cm³/mol. The molecule has 0 saturated carbocycles. The first kappa shape index (κ1) is 14.0. The number of aliphatic carboxylic acids is 1. The van der Waals surface area contributed by atoms with Crippen LogP contribution in [0.25, 0.3) is 0 Å². The summed E-state index contributed by atoms with van der Waals surface area (Å²) in [6, 6.07) is 7.58. The third-order valence-electron chi connectivity index (χ3n) is 3.19. The molecule has 0 aromatic heterocycles. The van der Waals surface area contributed by atoms with Gasteiger partial charge in [0.25, 0.3) is 0 Å². The number of halogens is 1. The Morgan fingerprint density at radius 3 is 2.53 bits per heavy atom. The lowest BCUT2D eigenvalue weighted by atomic mass is 10.0. The molecule has 3 nitrogen and oxygen atoms in total. The van der Waals surface area contributed by atoms with E-state index in [0.717, 1.165) is 10.6 Å². The Hall–Kier alpha value is -1.06. The SMILES string of the molecule is CC(C(=O)O)C(C)N(C)Cc1ccccc1Cl. The van der Waals surface area contributed by atoms with Crippen molar-refractivity contribution in [1.29, 1.82) is 0 Å². The van der Waals surface area contributed by atoms with Gasteiger partial charge in [0, 0.05) is 17.6 Å². The molecule has 2 atom stereocenters. The molecule has 0 radical (unpaired) electrons. The average Bonchev–Trinajstić information content (AvgIpc) is 2.30. The van der Waals surface area contributed by atoms with Crippen molar-refractivity contribution in [2.24, 2.45) is 5.92 Å². The Labute approximate surface area is 107 Å². The molecule has 94 valence electrons. The summed E-state index contributed by atoms with van der Waals surface area (Å²) in [6.07, 6.45) is 0. The maximum Gasteiger partial charge on any atom is 0.307 e. The van der Waals surface area contributed by atoms with E-state index in [1.807, 2.05) is 43.1 Å². The van der Waals surface area contributed by atoms with Gasteiger partial charge in [-0.15, -0.1) is 0 Å². The minimum Gasteiger partial charge on any atom is -0.481 e. The second kappa shape index (κ2) is 6.03. The van der Waals surface area contributed by atoms with Gasteiger partial charge in [-0.3, -0.25) is 9.69 Å². The van der Waals surface area contributed by atoms with Gasteiger partial charge in [-0.1, -0.05) is 36.7 Å². The molecule has 0 aliphatic heterocycles. The standard InChI is InChI=1S/C13H18ClNO2/c1-9(13(16)17)10(2)15(3)8-11-6-4-5-7-12(11)14/h4-7,9-10H,8H2,1-3H3,(H,16,17). The molecular weight excluding hydrogens is 238 g/mol. The van der Waals surface area contributed by atoms with Gasteiger partial charge in [-0.25, -0.2) is 0 Å². The summed E-state index contributed by atoms with van der Waals surface area (Å²) < 4.78 is 0. The van der Waals surface area contributed by atoms with Crippen LogP contribution in [0.1, 0.15) is 19.4 Å². The Morgan fingerprint density at radius 1 is 1.41 bits per heavy atom. The Kier molecular flexibility index (Phi) is 4.97. The highest BCUT2D eigenvalue weighted by Gasteiger charge is 2.23. The molecule has 0 aliphatic carbocycles. The molecule has 4 heteroatoms. The van der Waals surface area contributed by atoms with Crippen LogP contribution < -0.4 is 0 Å². The average molecular weight is 256 g/mol. The van der Waals surface area contributed by atoms with Crippen LogP contribution in [-0.4, -0.2) is 29.1 Å². The highest BCUT2D eigenvalue weighted by Crippen LogP contribution is 2.19. The minimum absolute atomic E-state index is 0.0382. The van der Waals surface area contributed by atoms with Gasteiger partial charge in [0.15, 0.2) is 0 Å². The smallest absolute Gasteiger partial charge is 0.307 e. The fourth-order valence-corrected chi connectivity index (χ4v) is 1.82. The van der Waals surface area contributed by atoms with Crippen LogP contribution in [0, 0.1) is 5.92 Å². The van der Waals surface area contributed by atoms with Crippen LogP contribution >= 0.6 is 11.6 Å². The summed E-state index contributed by atoms with van der Waals surface area (Å²) in [5.74, 6) is -1.18. The molecule has 2 unspecified atom stereocenters. The maximum atomic E-state index is 10.9. The number of carboxylic acids is 1. The third-order valence-corrected chi connectivity index (χ3v) is 3.55. The second-order valence-electron chi connectivity index (χ2n) is 4.37. The molecule has 17 heavy (non-hydrogen) atoms. The number of carbonyl (C=O) groups is 1. The van der Waals surface area contributed by atoms with Crippen LogP contribution in [0.5, 0.6) is 0 Å². The van der Waals surface area contributed by atoms with Crippen molar-refractivity contribution < 1.29 is 9.90 Å². The number of carboxylic acid groups (broad SMARTS) is 1. The van der Waals surface area contributed by atoms with Crippen molar-refractivity contribution in [2.75, 3.05) is 7.05 Å². The van der Waals surface area contributed by atoms with Crippen molar-refractivity contribution in [3.05, 3.63) is 34.9 Å². The first-order chi connectivity index (χ1) is 7.93. The van der Waals surface area contributed by atoms with Crippen LogP contribution in [0.15, 0.2) is 24.3 Å². The van der Waals surface area contributed by atoms with E-state index < -0.39 is 11.9 Å². The lowest BCUT2D eigenvalue weighted by Crippen LogP contribution is -2.37. The Morgan fingerprint density at radius 2 is 2.00 bits per heavy atom. The van der Waals surface area contributed by atoms with E-state index in [1.165, 1.54) is 0 Å². The van der Waals surface area contributed by atoms with E-state index in [0.29, 0.717) is 6.54 Å². The largest absolute Gasteiger partial charge is 0.481 e. The van der Waals surface area contributed by atoms with Gasteiger partial charge in [-0.05, 0) is 25.6 Å². The predicted octanol–water partition coefficient (Wildman–Crippen LogP) is 2.88. The second-order valence-corrected chi connectivity index (χ2v) is 4.78. The summed E-state index contributed by atoms with van der Waals surface area (Å²) >= 11 is 6.07. The van der Waals surface area contributed by atoms with Crippen molar-refractivity contribution in [2.45, 2.75) is 26.4 Å². The zero-order chi connectivity index (χ0) is 13.0. The third kappa shape index (κ3) is 3.72. The summed E-state index contributed by atoms with van der Waals surface area (Å²) in [6.45, 7) is 4.28. The van der Waals surface area contributed by atoms with Gasteiger partial charge < -0.3 is 5.11 Å². The van der Waals surface area contributed by atoms with Crippen LogP contribution in [0.2, 0.25) is 5.02 Å². The van der Waals surface area contributed by atoms with Gasteiger partial charge in [-0.2, -0.15) is 0 Å². The topological polar surface area (TPSA) is 40.5 Å². The van der Waals surface area contributed by atoms with Gasteiger partial charge in [0.05, 0.1) is 5.92 Å². The van der Waals surface area contributed by atoms with E-state index in [1.54, 1.807) is 6.92 Å². The first-order valence-corrected chi connectivity index (χ1v) is 5.97. The van der Waals surface area contributed by atoms with Crippen molar-refractivity contribution in [1.82, 2.24) is 4.90 Å². The number of hydrogen-bond donors (Lipinski definition) is 1. The van der Waals surface area contributed by atoms with Gasteiger partial charge in [0.1, 0.15) is 0 Å². The van der Waals surface area contributed by atoms with Crippen molar-refractivity contribution in [3.63, 3.8) is 0 Å². The summed E-state index contributed by atoms with van der Waals surface area (Å²) in [5, 5.41) is 9.69. The zero-order valence-corrected chi connectivity index (χ0v) is 11.1. The molecule has 1 rings (SSSR count). The number of rotatable bonds is 5. The summed E-state index contributed by atoms with van der Waals surface area (Å²) in [7, 11) is 1.91. The molecule has 0 amide bonds. The van der Waals surface area contributed by atoms with E-state index in [4.69, 9.17) is 16.7 Å². The van der Waals surface area contributed by atoms with Gasteiger partial charge >= 0.3 is 5.97 Å². The molecule has 0 fully saturated rings. The summed E-state index contributed by atoms with van der Waals surface area (Å²) in [5.41, 5.74) is 1.01. The van der Waals surface area contributed by atoms with Crippen molar-refractivity contribution in [3.8, 4) is 0 Å². The highest BCUT2D eigenvalue weighted by molar-refractivity contribution is 6.31. The van der Waals surface area contributed by atoms with Crippen LogP contribution in [-0.2, 0) is 11.3 Å². The van der Waals surface area contributed by atoms with Crippen LogP contribution in [0.4, 0.5) is 0 Å². The van der Waals surface area contributed by atoms with Crippen LogP contribution in [0.3, 0.4) is 0 Å². The maximum absolute atomic E-state index is 10.9. The zero-order valence-electron chi connectivity index (χ0n) is 10.4. The fourth-order valence-electron chi connectivity index (χ4n) is 1.63. The Balaban J connectivity index is 2.69. The number of hydrogen-bond acceptors (Lipinski definition) is 2. The van der Waals surface area contributed by atoms with Crippen molar-refractivity contribution >= 4 is 17.6 Å². The molecule has 0 spiro atoms. The molecule has 1 aromatic rings. The fraction of sp³-hybridized carbons (Fsp3) is 0.462. The molecule has 0 saturated heterocycles. The molecular formula is C13H18ClNO2. The van der Waals surface area contributed by atoms with Gasteiger partial charge in [0.2, 0.25) is 0 Å². The quantitative estimate of drug-likeness (QED) is 0.880. The highest BCUT2D eigenvalue weighted by atomic mass is 35.5. The van der Waals surface area contributed by atoms with E-state index in [9.17, 15) is 4.79 Å². The Bertz CT molecular complexity index is 395. The molecule has 1 aromatic carbocycles. The number of nitrogens with zero attached hydrogens (tertiary/aromatic N) is 1. The van der Waals surface area contributed by atoms with E-state index in [2.05, 4.69) is 0 Å². The lowest BCUT2D eigenvalue weighted by molar-refractivity contribution is -0.143. The van der Waals surface area contributed by atoms with E-state index in [-0.39, 0.29) is 6.04 Å². The van der Waals surface area contributed by atoms with E-state index >= 15 is 0 Å². The molecule has 0 aliphatic rings. The summed E-state index contributed by atoms with van der Waals surface area (Å²) in [4.78, 5) is 12.9. The molecule has 1 N–H and O–H groups in total. The number of benzene rings is 1. The molecule has 0 heterocycles. The lowest BCUT2D eigenvalue weighted by Gasteiger charge is -2.27. The molecule has 0 bridgehead atoms. The first-order valence-electron chi connectivity index (χ1n) is 5.60. The minimum atomic E-state index is -0.775.